The number of aliphatic imine (C=N–C) groups is 1. The average Bonchev–Trinajstić information content (AvgIpc) is 3.23. The van der Waals surface area contributed by atoms with E-state index in [0.29, 0.717) is 38.6 Å². The zero-order chi connectivity index (χ0) is 27.2. The van der Waals surface area contributed by atoms with Gasteiger partial charge in [0.1, 0.15) is 17.2 Å². The van der Waals surface area contributed by atoms with Crippen LogP contribution in [-0.4, -0.2) is 42.9 Å². The van der Waals surface area contributed by atoms with Crippen LogP contribution in [0.25, 0.3) is 6.08 Å². The molecule has 0 aromatic heterocycles. The van der Waals surface area contributed by atoms with Crippen molar-refractivity contribution in [1.82, 2.24) is 0 Å². The number of thioether (sulfide) groups is 1. The fourth-order valence-electron chi connectivity index (χ4n) is 3.51. The summed E-state index contributed by atoms with van der Waals surface area (Å²) in [5, 5.41) is 3.46. The van der Waals surface area contributed by atoms with Crippen LogP contribution in [0.5, 0.6) is 11.5 Å². The smallest absolute Gasteiger partial charge is 0.283 e. The minimum atomic E-state index is -0.556. The lowest BCUT2D eigenvalue weighted by molar-refractivity contribution is -0.114. The molecule has 0 atom stereocenters. The maximum absolute atomic E-state index is 13.4. The molecule has 194 valence electrons. The van der Waals surface area contributed by atoms with Crippen molar-refractivity contribution in [3.8, 4) is 11.5 Å². The summed E-state index contributed by atoms with van der Waals surface area (Å²) in [5.41, 5.74) is 7.54. The molecular formula is C27H23ClN4O5S. The van der Waals surface area contributed by atoms with E-state index in [2.05, 4.69) is 10.3 Å². The van der Waals surface area contributed by atoms with E-state index in [0.717, 1.165) is 17.3 Å². The zero-order valence-corrected chi connectivity index (χ0v) is 22.0. The van der Waals surface area contributed by atoms with Crippen molar-refractivity contribution in [1.29, 1.82) is 0 Å². The van der Waals surface area contributed by atoms with Crippen LogP contribution in [0, 0.1) is 0 Å². The van der Waals surface area contributed by atoms with Crippen molar-refractivity contribution < 1.29 is 23.9 Å². The van der Waals surface area contributed by atoms with Crippen LogP contribution in [0.15, 0.2) is 77.4 Å². The number of halogens is 1. The van der Waals surface area contributed by atoms with Crippen LogP contribution in [-0.2, 0) is 9.59 Å². The van der Waals surface area contributed by atoms with Crippen LogP contribution in [0.3, 0.4) is 0 Å². The summed E-state index contributed by atoms with van der Waals surface area (Å²) in [5.74, 6) is -0.185. The van der Waals surface area contributed by atoms with E-state index in [-0.39, 0.29) is 23.3 Å². The number of rotatable bonds is 8. The summed E-state index contributed by atoms with van der Waals surface area (Å²) >= 11 is 7.28. The topological polar surface area (TPSA) is 123 Å². The number of carbonyl (C=O) groups is 3. The number of hydrogen-bond acceptors (Lipinski definition) is 7. The SMILES string of the molecule is COc1ccc(/C=C2\N=C(SCC(=O)Nc3ccc(C(N)=O)cc3)N(c3ccc(Cl)c(OC)c3)C2=O)cc1. The molecule has 0 saturated carbocycles. The lowest BCUT2D eigenvalue weighted by Gasteiger charge is -2.19. The first-order chi connectivity index (χ1) is 18.3. The van der Waals surface area contributed by atoms with E-state index in [1.54, 1.807) is 55.7 Å². The van der Waals surface area contributed by atoms with Crippen molar-refractivity contribution in [2.24, 2.45) is 10.7 Å². The summed E-state index contributed by atoms with van der Waals surface area (Å²) in [7, 11) is 3.06. The lowest BCUT2D eigenvalue weighted by atomic mass is 10.2. The molecule has 3 amide bonds. The Morgan fingerprint density at radius 3 is 2.39 bits per heavy atom. The molecular weight excluding hydrogens is 528 g/mol. The van der Waals surface area contributed by atoms with Gasteiger partial charge >= 0.3 is 0 Å². The molecule has 0 fully saturated rings. The standard InChI is InChI=1S/C27H23ClN4O5S/c1-36-20-10-3-16(4-11-20)13-22-26(35)32(19-9-12-21(28)23(14-19)37-2)27(31-22)38-15-24(33)30-18-7-5-17(6-8-18)25(29)34/h3-14H,15H2,1-2H3,(H2,29,34)(H,30,33)/b22-13-. The van der Waals surface area contributed by atoms with E-state index in [1.165, 1.54) is 24.1 Å². The van der Waals surface area contributed by atoms with Gasteiger partial charge < -0.3 is 20.5 Å². The van der Waals surface area contributed by atoms with Crippen molar-refractivity contribution in [3.63, 3.8) is 0 Å². The summed E-state index contributed by atoms with van der Waals surface area (Å²) in [6.45, 7) is 0. The third-order valence-electron chi connectivity index (χ3n) is 5.43. The second-order valence-electron chi connectivity index (χ2n) is 7.93. The highest BCUT2D eigenvalue weighted by Crippen LogP contribution is 2.34. The van der Waals surface area contributed by atoms with Crippen LogP contribution >= 0.6 is 23.4 Å². The summed E-state index contributed by atoms with van der Waals surface area (Å²) < 4.78 is 10.5. The zero-order valence-electron chi connectivity index (χ0n) is 20.4. The maximum Gasteiger partial charge on any atom is 0.283 e. The number of primary amides is 1. The first-order valence-electron chi connectivity index (χ1n) is 11.2. The number of anilines is 2. The monoisotopic (exact) mass is 550 g/mol. The highest BCUT2D eigenvalue weighted by Gasteiger charge is 2.33. The Morgan fingerprint density at radius 2 is 1.76 bits per heavy atom. The van der Waals surface area contributed by atoms with Crippen molar-refractivity contribution in [2.75, 3.05) is 30.2 Å². The number of nitrogens with two attached hydrogens (primary N) is 1. The van der Waals surface area contributed by atoms with Gasteiger partial charge in [0.2, 0.25) is 11.8 Å². The normalized spacial score (nSPS) is 13.9. The van der Waals surface area contributed by atoms with Crippen LogP contribution in [0.4, 0.5) is 11.4 Å². The molecule has 1 aliphatic rings. The van der Waals surface area contributed by atoms with Gasteiger partial charge in [0.15, 0.2) is 5.17 Å². The number of amides is 3. The van der Waals surface area contributed by atoms with Gasteiger partial charge in [-0.15, -0.1) is 0 Å². The molecule has 1 aliphatic heterocycles. The number of nitrogens with one attached hydrogen (secondary N) is 1. The summed E-state index contributed by atoms with van der Waals surface area (Å²) in [4.78, 5) is 43.3. The predicted molar refractivity (Wildman–Crippen MR) is 150 cm³/mol. The Bertz CT molecular complexity index is 1440. The van der Waals surface area contributed by atoms with Gasteiger partial charge in [-0.25, -0.2) is 4.99 Å². The highest BCUT2D eigenvalue weighted by atomic mass is 35.5. The van der Waals surface area contributed by atoms with Crippen LogP contribution in [0.2, 0.25) is 5.02 Å². The molecule has 0 spiro atoms. The Morgan fingerprint density at radius 1 is 1.05 bits per heavy atom. The van der Waals surface area contributed by atoms with Gasteiger partial charge in [-0.05, 0) is 60.2 Å². The van der Waals surface area contributed by atoms with E-state index >= 15 is 0 Å². The van der Waals surface area contributed by atoms with E-state index in [1.807, 2.05) is 12.1 Å². The minimum Gasteiger partial charge on any atom is -0.497 e. The van der Waals surface area contributed by atoms with Gasteiger partial charge in [0.05, 0.1) is 30.7 Å². The Hall–Kier alpha value is -4.28. The fourth-order valence-corrected chi connectivity index (χ4v) is 4.52. The van der Waals surface area contributed by atoms with Gasteiger partial charge in [-0.1, -0.05) is 35.5 Å². The first-order valence-corrected chi connectivity index (χ1v) is 12.6. The highest BCUT2D eigenvalue weighted by molar-refractivity contribution is 8.14. The van der Waals surface area contributed by atoms with Crippen LogP contribution in [0.1, 0.15) is 15.9 Å². The Labute approximate surface area is 228 Å². The van der Waals surface area contributed by atoms with Crippen LogP contribution < -0.4 is 25.4 Å². The van der Waals surface area contributed by atoms with E-state index in [9.17, 15) is 14.4 Å². The number of amidine groups is 1. The third kappa shape index (κ3) is 6.16. The third-order valence-corrected chi connectivity index (χ3v) is 6.68. The molecule has 11 heteroatoms. The fraction of sp³-hybridized carbons (Fsp3) is 0.111. The summed E-state index contributed by atoms with van der Waals surface area (Å²) in [6.07, 6.45) is 1.66. The molecule has 0 saturated heterocycles. The molecule has 3 N–H and O–H groups in total. The molecule has 0 aliphatic carbocycles. The van der Waals surface area contributed by atoms with Gasteiger partial charge in [-0.3, -0.25) is 19.3 Å². The molecule has 1 heterocycles. The molecule has 0 bridgehead atoms. The number of carbonyl (C=O) groups excluding carboxylic acids is 3. The molecule has 9 nitrogen and oxygen atoms in total. The second kappa shape index (κ2) is 11.8. The number of nitrogens with zero attached hydrogens (tertiary/aromatic N) is 2. The Balaban J connectivity index is 1.57. The largest absolute Gasteiger partial charge is 0.497 e. The number of hydrogen-bond donors (Lipinski definition) is 2. The second-order valence-corrected chi connectivity index (χ2v) is 9.28. The van der Waals surface area contributed by atoms with Gasteiger partial charge in [0.25, 0.3) is 5.91 Å². The predicted octanol–water partition coefficient (Wildman–Crippen LogP) is 4.57. The van der Waals surface area contributed by atoms with Gasteiger partial charge in [0, 0.05) is 17.3 Å². The van der Waals surface area contributed by atoms with Crippen molar-refractivity contribution in [2.45, 2.75) is 0 Å². The molecule has 3 aromatic carbocycles. The van der Waals surface area contributed by atoms with Crippen molar-refractivity contribution >= 4 is 63.7 Å². The van der Waals surface area contributed by atoms with E-state index in [4.69, 9.17) is 26.8 Å². The summed E-state index contributed by atoms with van der Waals surface area (Å²) in [6, 6.07) is 18.3. The number of methoxy groups -OCH3 is 2. The molecule has 0 radical (unpaired) electrons. The Kier molecular flexibility index (Phi) is 8.35. The lowest BCUT2D eigenvalue weighted by Crippen LogP contribution is -2.31. The van der Waals surface area contributed by atoms with Gasteiger partial charge in [-0.2, -0.15) is 0 Å². The number of benzene rings is 3. The molecule has 4 rings (SSSR count). The van der Waals surface area contributed by atoms with E-state index < -0.39 is 5.91 Å². The first kappa shape index (κ1) is 26.8. The maximum atomic E-state index is 13.4. The molecule has 0 unspecified atom stereocenters. The number of ether oxygens (including phenoxy) is 2. The minimum absolute atomic E-state index is 0.0271. The quantitative estimate of drug-likeness (QED) is 0.396. The van der Waals surface area contributed by atoms with Crippen molar-refractivity contribution in [3.05, 3.63) is 88.6 Å². The molecule has 38 heavy (non-hydrogen) atoms. The molecule has 3 aromatic rings. The average molecular weight is 551 g/mol.